The molecule has 31 heavy (non-hydrogen) atoms. The highest BCUT2D eigenvalue weighted by molar-refractivity contribution is 5.99. The average molecular weight is 415 g/mol. The van der Waals surface area contributed by atoms with Crippen molar-refractivity contribution in [3.63, 3.8) is 0 Å². The zero-order valence-electron chi connectivity index (χ0n) is 18.1. The van der Waals surface area contributed by atoms with Gasteiger partial charge < -0.3 is 14.2 Å². The Morgan fingerprint density at radius 3 is 2.77 bits per heavy atom. The maximum Gasteiger partial charge on any atom is 0.255 e. The van der Waals surface area contributed by atoms with Gasteiger partial charge in [0.25, 0.3) is 5.91 Å². The predicted molar refractivity (Wildman–Crippen MR) is 122 cm³/mol. The summed E-state index contributed by atoms with van der Waals surface area (Å²) in [7, 11) is 3.70. The highest BCUT2D eigenvalue weighted by Crippen LogP contribution is 2.31. The third kappa shape index (κ3) is 3.32. The molecule has 0 N–H and O–H groups in total. The molecule has 1 fully saturated rings. The summed E-state index contributed by atoms with van der Waals surface area (Å²) in [5, 5.41) is 0.914. The molecule has 6 nitrogen and oxygen atoms in total. The smallest absolute Gasteiger partial charge is 0.255 e. The number of aryl methyl sites for hydroxylation is 2. The van der Waals surface area contributed by atoms with E-state index in [4.69, 9.17) is 14.7 Å². The van der Waals surface area contributed by atoms with Crippen LogP contribution in [0.3, 0.4) is 0 Å². The number of benzene rings is 2. The molecule has 158 valence electrons. The Morgan fingerprint density at radius 2 is 1.97 bits per heavy atom. The zero-order valence-corrected chi connectivity index (χ0v) is 18.1. The van der Waals surface area contributed by atoms with Crippen molar-refractivity contribution in [3.05, 3.63) is 65.6 Å². The van der Waals surface area contributed by atoms with Crippen molar-refractivity contribution in [1.29, 1.82) is 0 Å². The molecule has 0 aliphatic carbocycles. The van der Waals surface area contributed by atoms with E-state index in [-0.39, 0.29) is 11.8 Å². The van der Waals surface area contributed by atoms with Gasteiger partial charge in [-0.2, -0.15) is 0 Å². The van der Waals surface area contributed by atoms with Crippen molar-refractivity contribution < 1.29 is 9.53 Å². The molecule has 1 unspecified atom stereocenters. The van der Waals surface area contributed by atoms with Crippen LogP contribution >= 0.6 is 0 Å². The first kappa shape index (κ1) is 19.5. The Kier molecular flexibility index (Phi) is 4.85. The number of hydrogen-bond donors (Lipinski definition) is 0. The standard InChI is InChI=1S/C25H26N4O2/c1-16-19(14-17-8-6-12-22(31-3)23(17)26-16)25(30)29-13-7-9-18(15-29)24-27-20-10-4-5-11-21(20)28(24)2/h4-6,8,10-12,14,18H,7,9,13,15H2,1-3H3. The molecule has 0 radical (unpaired) electrons. The number of para-hydroxylation sites is 3. The minimum atomic E-state index is 0.0400. The number of pyridine rings is 1. The first-order valence-corrected chi connectivity index (χ1v) is 10.7. The van der Waals surface area contributed by atoms with Crippen molar-refractivity contribution in [2.24, 2.45) is 7.05 Å². The monoisotopic (exact) mass is 414 g/mol. The number of rotatable bonds is 3. The molecule has 0 bridgehead atoms. The van der Waals surface area contributed by atoms with Crippen molar-refractivity contribution in [2.75, 3.05) is 20.2 Å². The van der Waals surface area contributed by atoms with Crippen LogP contribution in [0, 0.1) is 6.92 Å². The molecule has 2 aromatic carbocycles. The molecule has 3 heterocycles. The minimum absolute atomic E-state index is 0.0400. The Bertz CT molecular complexity index is 1290. The van der Waals surface area contributed by atoms with E-state index in [1.807, 2.05) is 54.3 Å². The van der Waals surface area contributed by atoms with Crippen LogP contribution in [0.25, 0.3) is 21.9 Å². The number of ether oxygens (including phenoxy) is 1. The fourth-order valence-electron chi connectivity index (χ4n) is 4.72. The minimum Gasteiger partial charge on any atom is -0.494 e. The molecule has 1 aliphatic rings. The van der Waals surface area contributed by atoms with E-state index in [0.717, 1.165) is 58.6 Å². The molecule has 2 aromatic heterocycles. The van der Waals surface area contributed by atoms with E-state index in [9.17, 15) is 4.79 Å². The SMILES string of the molecule is COc1cccc2cc(C(=O)N3CCCC(c4nc5ccccc5n4C)C3)c(C)nc12. The summed E-state index contributed by atoms with van der Waals surface area (Å²) in [6, 6.07) is 15.9. The second-order valence-corrected chi connectivity index (χ2v) is 8.26. The lowest BCUT2D eigenvalue weighted by Crippen LogP contribution is -2.40. The average Bonchev–Trinajstić information content (AvgIpc) is 3.14. The Labute approximate surface area is 181 Å². The van der Waals surface area contributed by atoms with Crippen LogP contribution in [0.4, 0.5) is 0 Å². The Morgan fingerprint density at radius 1 is 1.13 bits per heavy atom. The lowest BCUT2D eigenvalue weighted by molar-refractivity contribution is 0.0702. The van der Waals surface area contributed by atoms with E-state index in [1.165, 1.54) is 0 Å². The van der Waals surface area contributed by atoms with Crippen molar-refractivity contribution in [1.82, 2.24) is 19.4 Å². The van der Waals surface area contributed by atoms with Gasteiger partial charge in [0.1, 0.15) is 17.1 Å². The number of amides is 1. The summed E-state index contributed by atoms with van der Waals surface area (Å²) < 4.78 is 7.60. The lowest BCUT2D eigenvalue weighted by atomic mass is 9.96. The van der Waals surface area contributed by atoms with Crippen LogP contribution in [0.2, 0.25) is 0 Å². The number of imidazole rings is 1. The molecule has 0 saturated carbocycles. The fraction of sp³-hybridized carbons (Fsp3) is 0.320. The van der Waals surface area contributed by atoms with Gasteiger partial charge in [-0.05, 0) is 44.0 Å². The van der Waals surface area contributed by atoms with Crippen molar-refractivity contribution in [3.8, 4) is 5.75 Å². The fourth-order valence-corrected chi connectivity index (χ4v) is 4.72. The third-order valence-corrected chi connectivity index (χ3v) is 6.35. The van der Waals surface area contributed by atoms with Gasteiger partial charge in [-0.25, -0.2) is 9.97 Å². The van der Waals surface area contributed by atoms with Gasteiger partial charge in [-0.1, -0.05) is 24.3 Å². The van der Waals surface area contributed by atoms with E-state index in [1.54, 1.807) is 7.11 Å². The van der Waals surface area contributed by atoms with Crippen LogP contribution in [0.15, 0.2) is 48.5 Å². The van der Waals surface area contributed by atoms with Gasteiger partial charge in [-0.15, -0.1) is 0 Å². The number of hydrogen-bond acceptors (Lipinski definition) is 4. The summed E-state index contributed by atoms with van der Waals surface area (Å²) in [6.45, 7) is 3.33. The van der Waals surface area contributed by atoms with Gasteiger partial charge in [0.05, 0.1) is 29.4 Å². The quantitative estimate of drug-likeness (QED) is 0.497. The third-order valence-electron chi connectivity index (χ3n) is 6.35. The molecule has 4 aromatic rings. The van der Waals surface area contributed by atoms with Gasteiger partial charge in [0.2, 0.25) is 0 Å². The molecular formula is C25H26N4O2. The van der Waals surface area contributed by atoms with E-state index in [2.05, 4.69) is 17.7 Å². The molecule has 1 saturated heterocycles. The van der Waals surface area contributed by atoms with Crippen LogP contribution in [-0.2, 0) is 7.05 Å². The largest absolute Gasteiger partial charge is 0.494 e. The van der Waals surface area contributed by atoms with Crippen molar-refractivity contribution in [2.45, 2.75) is 25.7 Å². The van der Waals surface area contributed by atoms with Gasteiger partial charge in [0.15, 0.2) is 0 Å². The number of carbonyl (C=O) groups excluding carboxylic acids is 1. The number of methoxy groups -OCH3 is 1. The van der Waals surface area contributed by atoms with E-state index < -0.39 is 0 Å². The molecule has 1 atom stereocenters. The normalized spacial score (nSPS) is 16.7. The topological polar surface area (TPSA) is 60.2 Å². The number of likely N-dealkylation sites (tertiary alicyclic amines) is 1. The van der Waals surface area contributed by atoms with E-state index in [0.29, 0.717) is 12.1 Å². The second kappa shape index (κ2) is 7.69. The molecule has 6 heteroatoms. The molecular weight excluding hydrogens is 388 g/mol. The number of nitrogens with zero attached hydrogens (tertiary/aromatic N) is 4. The zero-order chi connectivity index (χ0) is 21.5. The summed E-state index contributed by atoms with van der Waals surface area (Å²) in [6.07, 6.45) is 2.00. The predicted octanol–water partition coefficient (Wildman–Crippen LogP) is 4.46. The number of fused-ring (bicyclic) bond motifs is 2. The van der Waals surface area contributed by atoms with Crippen LogP contribution in [0.1, 0.15) is 40.6 Å². The van der Waals surface area contributed by atoms with Crippen molar-refractivity contribution >= 4 is 27.8 Å². The highest BCUT2D eigenvalue weighted by atomic mass is 16.5. The molecule has 1 amide bonds. The summed E-state index contributed by atoms with van der Waals surface area (Å²) in [5.41, 5.74) is 4.31. The Balaban J connectivity index is 1.45. The number of piperidine rings is 1. The first-order chi connectivity index (χ1) is 15.1. The van der Waals surface area contributed by atoms with E-state index >= 15 is 0 Å². The molecule has 5 rings (SSSR count). The lowest BCUT2D eigenvalue weighted by Gasteiger charge is -2.32. The maximum absolute atomic E-state index is 13.5. The molecule has 0 spiro atoms. The summed E-state index contributed by atoms with van der Waals surface area (Å²) in [4.78, 5) is 25.0. The summed E-state index contributed by atoms with van der Waals surface area (Å²) >= 11 is 0. The molecule has 1 aliphatic heterocycles. The van der Waals surface area contributed by atoms with Crippen LogP contribution < -0.4 is 4.74 Å². The highest BCUT2D eigenvalue weighted by Gasteiger charge is 2.29. The number of aromatic nitrogens is 3. The summed E-state index contributed by atoms with van der Waals surface area (Å²) in [5.74, 6) is 2.04. The van der Waals surface area contributed by atoms with Gasteiger partial charge in [-0.3, -0.25) is 4.79 Å². The van der Waals surface area contributed by atoms with Gasteiger partial charge in [0, 0.05) is 31.4 Å². The van der Waals surface area contributed by atoms with Crippen LogP contribution in [0.5, 0.6) is 5.75 Å². The van der Waals surface area contributed by atoms with Crippen LogP contribution in [-0.4, -0.2) is 45.5 Å². The number of carbonyl (C=O) groups is 1. The second-order valence-electron chi connectivity index (χ2n) is 8.26. The first-order valence-electron chi connectivity index (χ1n) is 10.7. The van der Waals surface area contributed by atoms with Gasteiger partial charge >= 0.3 is 0 Å². The maximum atomic E-state index is 13.5. The Hall–Kier alpha value is -3.41.